The van der Waals surface area contributed by atoms with Gasteiger partial charge in [0.25, 0.3) is 0 Å². The van der Waals surface area contributed by atoms with E-state index in [0.717, 1.165) is 16.9 Å². The number of hydrogen-bond acceptors (Lipinski definition) is 6. The summed E-state index contributed by atoms with van der Waals surface area (Å²) in [5.74, 6) is -0.823. The third-order valence-electron chi connectivity index (χ3n) is 6.22. The summed E-state index contributed by atoms with van der Waals surface area (Å²) < 4.78 is 60.1. The number of ether oxygens (including phenoxy) is 3. The van der Waals surface area contributed by atoms with Gasteiger partial charge in [0.1, 0.15) is 0 Å². The van der Waals surface area contributed by atoms with E-state index in [0.29, 0.717) is 39.5 Å². The van der Waals surface area contributed by atoms with Crippen LogP contribution in [0.5, 0.6) is 11.5 Å². The number of aryl methyl sites for hydroxylation is 1. The van der Waals surface area contributed by atoms with Crippen LogP contribution in [-0.4, -0.2) is 25.7 Å². The molecule has 0 atom stereocenters. The van der Waals surface area contributed by atoms with E-state index in [2.05, 4.69) is 13.2 Å². The zero-order valence-electron chi connectivity index (χ0n) is 22.2. The van der Waals surface area contributed by atoms with Crippen LogP contribution in [-0.2, 0) is 26.9 Å². The largest absolute Gasteiger partial charge is 0.491 e. The van der Waals surface area contributed by atoms with Crippen LogP contribution in [0.15, 0.2) is 72.8 Å². The zero-order valence-corrected chi connectivity index (χ0v) is 23.1. The molecule has 4 rings (SSSR count). The van der Waals surface area contributed by atoms with Gasteiger partial charge in [0.15, 0.2) is 11.5 Å². The minimum absolute atomic E-state index is 0.0568. The highest BCUT2D eigenvalue weighted by molar-refractivity contribution is 7.26. The lowest BCUT2D eigenvalue weighted by molar-refractivity contribution is -0.139. The molecule has 3 aromatic carbocycles. The molecule has 0 aliphatic heterocycles. The molecule has 0 unspecified atom stereocenters. The van der Waals surface area contributed by atoms with Gasteiger partial charge in [-0.15, -0.1) is 11.3 Å². The van der Waals surface area contributed by atoms with E-state index in [-0.39, 0.29) is 33.9 Å². The van der Waals surface area contributed by atoms with Crippen LogP contribution in [0, 0.1) is 0 Å². The van der Waals surface area contributed by atoms with E-state index in [4.69, 9.17) is 14.2 Å². The molecular weight excluding hydrogens is 541 g/mol. The lowest BCUT2D eigenvalue weighted by Crippen LogP contribution is -2.08. The van der Waals surface area contributed by atoms with Crippen molar-refractivity contribution in [3.63, 3.8) is 0 Å². The maximum Gasteiger partial charge on any atom is 0.418 e. The number of thiophene rings is 1. The summed E-state index contributed by atoms with van der Waals surface area (Å²) in [6.07, 6.45) is -3.46. The summed E-state index contributed by atoms with van der Waals surface area (Å²) in [6.45, 7) is 10.4. The first kappa shape index (κ1) is 28.9. The molecule has 0 radical (unpaired) electrons. The Morgan fingerprint density at radius 2 is 1.50 bits per heavy atom. The standard InChI is InChI=1S/C31H27F3O5S/c1-17(2)29(35)38-16-6-7-19-8-10-20(11-9-19)21-12-13-22-23-14-15-24(39-30(36)18(3)4)26(37-5)28(23)40-27(22)25(21)31(32,33)34/h8-15H,1,3,6-7,16H2,2,4-5H3. The van der Waals surface area contributed by atoms with Crippen molar-refractivity contribution in [2.75, 3.05) is 13.7 Å². The predicted octanol–water partition coefficient (Wildman–Crippen LogP) is 8.28. The maximum atomic E-state index is 14.6. The first-order valence-corrected chi connectivity index (χ1v) is 13.2. The van der Waals surface area contributed by atoms with E-state index >= 15 is 0 Å². The van der Waals surface area contributed by atoms with Crippen LogP contribution in [0.25, 0.3) is 31.3 Å². The SMILES string of the molecule is C=C(C)C(=O)OCCCc1ccc(-c2ccc3c(sc4c(OC)c(OC(=O)C(=C)C)ccc43)c2C(F)(F)F)cc1. The Balaban J connectivity index is 1.72. The Hall–Kier alpha value is -4.11. The Morgan fingerprint density at radius 3 is 2.10 bits per heavy atom. The van der Waals surface area contributed by atoms with Gasteiger partial charge in [-0.25, -0.2) is 9.59 Å². The number of esters is 2. The van der Waals surface area contributed by atoms with Gasteiger partial charge in [-0.1, -0.05) is 49.6 Å². The van der Waals surface area contributed by atoms with Crippen molar-refractivity contribution < 1.29 is 37.0 Å². The molecular formula is C31H27F3O5S. The molecule has 5 nitrogen and oxygen atoms in total. The lowest BCUT2D eigenvalue weighted by Gasteiger charge is -2.15. The molecule has 40 heavy (non-hydrogen) atoms. The lowest BCUT2D eigenvalue weighted by atomic mass is 9.95. The number of fused-ring (bicyclic) bond motifs is 3. The average Bonchev–Trinajstić information content (AvgIpc) is 3.28. The first-order chi connectivity index (χ1) is 18.9. The second kappa shape index (κ2) is 11.6. The van der Waals surface area contributed by atoms with Gasteiger partial charge in [-0.05, 0) is 55.5 Å². The number of halogens is 3. The summed E-state index contributed by atoms with van der Waals surface area (Å²) in [4.78, 5) is 23.6. The molecule has 1 aromatic heterocycles. The fourth-order valence-corrected chi connectivity index (χ4v) is 5.64. The topological polar surface area (TPSA) is 61.8 Å². The van der Waals surface area contributed by atoms with Gasteiger partial charge < -0.3 is 14.2 Å². The van der Waals surface area contributed by atoms with Gasteiger partial charge in [0, 0.05) is 26.6 Å². The smallest absolute Gasteiger partial charge is 0.418 e. The molecule has 0 amide bonds. The number of hydrogen-bond donors (Lipinski definition) is 0. The number of benzene rings is 3. The Kier molecular flexibility index (Phi) is 8.34. The van der Waals surface area contributed by atoms with Crippen molar-refractivity contribution in [2.24, 2.45) is 0 Å². The van der Waals surface area contributed by atoms with Crippen LogP contribution >= 0.6 is 11.3 Å². The van der Waals surface area contributed by atoms with Crippen molar-refractivity contribution >= 4 is 43.4 Å². The number of rotatable bonds is 9. The van der Waals surface area contributed by atoms with Crippen molar-refractivity contribution in [1.82, 2.24) is 0 Å². The number of carbonyl (C=O) groups excluding carboxylic acids is 2. The van der Waals surface area contributed by atoms with Gasteiger partial charge in [0.05, 0.1) is 24.0 Å². The molecule has 0 aliphatic rings. The third-order valence-corrected chi connectivity index (χ3v) is 7.46. The molecule has 0 aliphatic carbocycles. The quantitative estimate of drug-likeness (QED) is 0.0880. The monoisotopic (exact) mass is 568 g/mol. The normalized spacial score (nSPS) is 11.4. The Morgan fingerprint density at radius 1 is 0.875 bits per heavy atom. The summed E-state index contributed by atoms with van der Waals surface area (Å²) in [5.41, 5.74) is 1.15. The van der Waals surface area contributed by atoms with E-state index in [9.17, 15) is 22.8 Å². The summed E-state index contributed by atoms with van der Waals surface area (Å²) in [6, 6.07) is 13.1. The van der Waals surface area contributed by atoms with Crippen LogP contribution in [0.1, 0.15) is 31.4 Å². The van der Waals surface area contributed by atoms with E-state index in [1.165, 1.54) is 26.2 Å². The van der Waals surface area contributed by atoms with Crippen LogP contribution in [0.2, 0.25) is 0 Å². The van der Waals surface area contributed by atoms with Gasteiger partial charge >= 0.3 is 18.1 Å². The van der Waals surface area contributed by atoms with Crippen molar-refractivity contribution in [1.29, 1.82) is 0 Å². The molecule has 208 valence electrons. The second-order valence-corrected chi connectivity index (χ2v) is 10.3. The molecule has 0 saturated carbocycles. The van der Waals surface area contributed by atoms with Crippen molar-refractivity contribution in [3.05, 3.63) is 84.0 Å². The minimum atomic E-state index is -4.63. The van der Waals surface area contributed by atoms with Crippen LogP contribution in [0.3, 0.4) is 0 Å². The van der Waals surface area contributed by atoms with Crippen molar-refractivity contribution in [3.8, 4) is 22.6 Å². The van der Waals surface area contributed by atoms with Gasteiger partial charge in [0.2, 0.25) is 0 Å². The minimum Gasteiger partial charge on any atom is -0.491 e. The molecule has 4 aromatic rings. The molecule has 0 spiro atoms. The molecule has 1 heterocycles. The third kappa shape index (κ3) is 5.89. The fourth-order valence-electron chi connectivity index (χ4n) is 4.26. The predicted molar refractivity (Wildman–Crippen MR) is 151 cm³/mol. The highest BCUT2D eigenvalue weighted by atomic mass is 32.1. The number of methoxy groups -OCH3 is 1. The van der Waals surface area contributed by atoms with Crippen LogP contribution in [0.4, 0.5) is 13.2 Å². The average molecular weight is 569 g/mol. The fraction of sp³-hybridized carbons (Fsp3) is 0.226. The summed E-state index contributed by atoms with van der Waals surface area (Å²) in [5, 5.41) is 0.986. The first-order valence-electron chi connectivity index (χ1n) is 12.4. The summed E-state index contributed by atoms with van der Waals surface area (Å²) in [7, 11) is 1.37. The zero-order chi connectivity index (χ0) is 29.2. The molecule has 0 bridgehead atoms. The second-order valence-electron chi connectivity index (χ2n) is 9.32. The summed E-state index contributed by atoms with van der Waals surface area (Å²) >= 11 is 0.940. The van der Waals surface area contributed by atoms with E-state index < -0.39 is 23.7 Å². The van der Waals surface area contributed by atoms with E-state index in [1.807, 2.05) is 0 Å². The maximum absolute atomic E-state index is 14.6. The highest BCUT2D eigenvalue weighted by Crippen LogP contribution is 2.50. The molecule has 0 fully saturated rings. The van der Waals surface area contributed by atoms with Crippen LogP contribution < -0.4 is 9.47 Å². The molecule has 0 N–H and O–H groups in total. The highest BCUT2D eigenvalue weighted by Gasteiger charge is 2.37. The van der Waals surface area contributed by atoms with E-state index in [1.54, 1.807) is 43.3 Å². The van der Waals surface area contributed by atoms with Gasteiger partial charge in [-0.2, -0.15) is 13.2 Å². The Labute approximate surface area is 233 Å². The molecule has 9 heteroatoms. The Bertz CT molecular complexity index is 1630. The van der Waals surface area contributed by atoms with Gasteiger partial charge in [-0.3, -0.25) is 0 Å². The number of alkyl halides is 3. The molecule has 0 saturated heterocycles. The van der Waals surface area contributed by atoms with Crippen molar-refractivity contribution in [2.45, 2.75) is 32.9 Å². The number of carbonyl (C=O) groups is 2.